The van der Waals surface area contributed by atoms with E-state index in [-0.39, 0.29) is 16.1 Å². The molecule has 4 nitrogen and oxygen atoms in total. The number of halogens is 1. The van der Waals surface area contributed by atoms with E-state index in [2.05, 4.69) is 25.8 Å². The zero-order valence-corrected chi connectivity index (χ0v) is 11.4. The first-order valence-corrected chi connectivity index (χ1v) is 6.20. The molecule has 0 aliphatic carbocycles. The number of nitrogens with zero attached hydrogens (tertiary/aromatic N) is 2. The summed E-state index contributed by atoms with van der Waals surface area (Å²) in [5, 5.41) is 11.1. The fourth-order valence-corrected chi connectivity index (χ4v) is 2.42. The molecule has 0 saturated carbocycles. The molecular weight excluding hydrogens is 252 g/mol. The van der Waals surface area contributed by atoms with Crippen LogP contribution in [0.2, 0.25) is 5.02 Å². The lowest BCUT2D eigenvalue weighted by Gasteiger charge is -2.27. The average molecular weight is 267 g/mol. The molecule has 96 valence electrons. The Morgan fingerprint density at radius 2 is 2.06 bits per heavy atom. The Morgan fingerprint density at radius 3 is 2.61 bits per heavy atom. The molecule has 0 saturated heterocycles. The summed E-state index contributed by atoms with van der Waals surface area (Å²) in [6.45, 7) is 6.92. The zero-order chi connectivity index (χ0) is 13.5. The highest BCUT2D eigenvalue weighted by Gasteiger charge is 2.27. The van der Waals surface area contributed by atoms with Crippen molar-refractivity contribution in [3.63, 3.8) is 0 Å². The molecule has 18 heavy (non-hydrogen) atoms. The minimum Gasteiger partial charge on any atom is -0.288 e. The quantitative estimate of drug-likeness (QED) is 0.576. The molecule has 0 aromatic heterocycles. The van der Waals surface area contributed by atoms with E-state index in [0.29, 0.717) is 6.54 Å². The van der Waals surface area contributed by atoms with Crippen molar-refractivity contribution in [1.29, 1.82) is 0 Å². The maximum absolute atomic E-state index is 10.9. The second-order valence-corrected chi connectivity index (χ2v) is 5.86. The van der Waals surface area contributed by atoms with E-state index in [9.17, 15) is 10.1 Å². The molecular formula is C13H15ClN2O2. The Balaban J connectivity index is 2.60. The maximum atomic E-state index is 10.9. The molecule has 0 fully saturated rings. The van der Waals surface area contributed by atoms with Gasteiger partial charge in [0.2, 0.25) is 0 Å². The summed E-state index contributed by atoms with van der Waals surface area (Å²) in [6.07, 6.45) is 0.729. The number of nitro groups is 1. The van der Waals surface area contributed by atoms with Crippen LogP contribution in [0.25, 0.3) is 0 Å². The van der Waals surface area contributed by atoms with Crippen molar-refractivity contribution in [1.82, 2.24) is 0 Å². The van der Waals surface area contributed by atoms with Gasteiger partial charge in [0.15, 0.2) is 0 Å². The third kappa shape index (κ3) is 2.25. The van der Waals surface area contributed by atoms with Gasteiger partial charge < -0.3 is 0 Å². The lowest BCUT2D eigenvalue weighted by atomic mass is 9.81. The molecule has 0 radical (unpaired) electrons. The Bertz CT molecular complexity index is 545. The largest absolute Gasteiger partial charge is 0.288 e. The van der Waals surface area contributed by atoms with Crippen molar-refractivity contribution in [2.24, 2.45) is 10.4 Å². The van der Waals surface area contributed by atoms with Gasteiger partial charge in [-0.2, -0.15) is 0 Å². The second kappa shape index (κ2) is 4.35. The number of aliphatic imine (C=N–C) groups is 1. The first kappa shape index (κ1) is 13.0. The molecule has 2 rings (SSSR count). The smallest absolute Gasteiger partial charge is 0.288 e. The van der Waals surface area contributed by atoms with Crippen LogP contribution in [-0.4, -0.2) is 17.2 Å². The molecule has 1 heterocycles. The molecule has 1 aromatic rings. The Morgan fingerprint density at radius 1 is 1.39 bits per heavy atom. The van der Waals surface area contributed by atoms with Gasteiger partial charge in [-0.15, -0.1) is 0 Å². The first-order chi connectivity index (χ1) is 8.30. The average Bonchev–Trinajstić information content (AvgIpc) is 2.25. The van der Waals surface area contributed by atoms with Crippen molar-refractivity contribution >= 4 is 23.0 Å². The topological polar surface area (TPSA) is 55.5 Å². The van der Waals surface area contributed by atoms with Gasteiger partial charge in [-0.25, -0.2) is 0 Å². The molecule has 0 N–H and O–H groups in total. The predicted octanol–water partition coefficient (Wildman–Crippen LogP) is 3.64. The van der Waals surface area contributed by atoms with Crippen molar-refractivity contribution in [2.75, 3.05) is 6.54 Å². The highest BCUT2D eigenvalue weighted by atomic mass is 35.5. The van der Waals surface area contributed by atoms with Crippen molar-refractivity contribution < 1.29 is 4.92 Å². The molecule has 5 heteroatoms. The number of rotatable bonds is 1. The van der Waals surface area contributed by atoms with E-state index in [1.54, 1.807) is 12.1 Å². The maximum Gasteiger partial charge on any atom is 0.288 e. The van der Waals surface area contributed by atoms with Crippen LogP contribution in [0, 0.1) is 15.5 Å². The van der Waals surface area contributed by atoms with Crippen LogP contribution in [0.1, 0.15) is 31.9 Å². The standard InChI is InChI=1S/C13H15ClN2O2/c1-13(2,3)12-9-7-10(14)11(16(17)18)6-8(9)4-5-15-12/h6-7H,4-5H2,1-3H3. The summed E-state index contributed by atoms with van der Waals surface area (Å²) in [4.78, 5) is 15.0. The molecule has 0 amide bonds. The zero-order valence-electron chi connectivity index (χ0n) is 10.7. The van der Waals surface area contributed by atoms with Crippen molar-refractivity contribution in [3.05, 3.63) is 38.4 Å². The van der Waals surface area contributed by atoms with Gasteiger partial charge in [0.1, 0.15) is 5.02 Å². The van der Waals surface area contributed by atoms with Gasteiger partial charge in [-0.05, 0) is 18.1 Å². The molecule has 0 unspecified atom stereocenters. The lowest BCUT2D eigenvalue weighted by Crippen LogP contribution is -2.26. The number of hydrogen-bond donors (Lipinski definition) is 0. The van der Waals surface area contributed by atoms with Crippen LogP contribution < -0.4 is 0 Å². The van der Waals surface area contributed by atoms with Crippen LogP contribution in [0.15, 0.2) is 17.1 Å². The predicted molar refractivity (Wildman–Crippen MR) is 72.7 cm³/mol. The third-order valence-electron chi connectivity index (χ3n) is 2.99. The van der Waals surface area contributed by atoms with Gasteiger partial charge in [-0.3, -0.25) is 15.1 Å². The van der Waals surface area contributed by atoms with Crippen LogP contribution in [-0.2, 0) is 6.42 Å². The van der Waals surface area contributed by atoms with Crippen molar-refractivity contribution in [3.8, 4) is 0 Å². The summed E-state index contributed by atoms with van der Waals surface area (Å²) in [7, 11) is 0. The molecule has 1 aliphatic heterocycles. The molecule has 0 spiro atoms. The minimum atomic E-state index is -0.439. The Hall–Kier alpha value is -1.42. The minimum absolute atomic E-state index is 0.0226. The van der Waals surface area contributed by atoms with Crippen LogP contribution in [0.5, 0.6) is 0 Å². The molecule has 1 aromatic carbocycles. The number of fused-ring (bicyclic) bond motifs is 1. The van der Waals surface area contributed by atoms with E-state index < -0.39 is 4.92 Å². The number of hydrogen-bond acceptors (Lipinski definition) is 3. The van der Waals surface area contributed by atoms with Crippen LogP contribution in [0.3, 0.4) is 0 Å². The molecule has 1 aliphatic rings. The van der Waals surface area contributed by atoms with E-state index >= 15 is 0 Å². The van der Waals surface area contributed by atoms with Crippen LogP contribution >= 0.6 is 11.6 Å². The van der Waals surface area contributed by atoms with E-state index in [1.807, 2.05) is 0 Å². The van der Waals surface area contributed by atoms with Crippen molar-refractivity contribution in [2.45, 2.75) is 27.2 Å². The van der Waals surface area contributed by atoms with E-state index in [0.717, 1.165) is 23.3 Å². The Labute approximate surface area is 111 Å². The summed E-state index contributed by atoms with van der Waals surface area (Å²) in [6, 6.07) is 3.26. The third-order valence-corrected chi connectivity index (χ3v) is 3.29. The summed E-state index contributed by atoms with van der Waals surface area (Å²) >= 11 is 5.97. The highest BCUT2D eigenvalue weighted by Crippen LogP contribution is 2.34. The molecule has 0 atom stereocenters. The van der Waals surface area contributed by atoms with Gasteiger partial charge >= 0.3 is 0 Å². The normalized spacial score (nSPS) is 15.0. The lowest BCUT2D eigenvalue weighted by molar-refractivity contribution is -0.384. The second-order valence-electron chi connectivity index (χ2n) is 5.45. The van der Waals surface area contributed by atoms with E-state index in [4.69, 9.17) is 11.6 Å². The summed E-state index contributed by atoms with van der Waals surface area (Å²) in [5.74, 6) is 0. The van der Waals surface area contributed by atoms with Gasteiger partial charge in [-0.1, -0.05) is 32.4 Å². The monoisotopic (exact) mass is 266 g/mol. The fourth-order valence-electron chi connectivity index (χ4n) is 2.19. The van der Waals surface area contributed by atoms with Gasteiger partial charge in [0.25, 0.3) is 5.69 Å². The highest BCUT2D eigenvalue weighted by molar-refractivity contribution is 6.33. The number of nitro benzene ring substituents is 1. The molecule has 0 bridgehead atoms. The van der Waals surface area contributed by atoms with Gasteiger partial charge in [0, 0.05) is 29.3 Å². The number of benzene rings is 1. The summed E-state index contributed by atoms with van der Waals surface area (Å²) < 4.78 is 0. The van der Waals surface area contributed by atoms with Gasteiger partial charge in [0.05, 0.1) is 4.92 Å². The Kier molecular flexibility index (Phi) is 3.15. The SMILES string of the molecule is CC(C)(C)C1=NCCc2cc([N+](=O)[O-])c(Cl)cc21. The summed E-state index contributed by atoms with van der Waals surface area (Å²) in [5.41, 5.74) is 2.77. The van der Waals surface area contributed by atoms with Crippen LogP contribution in [0.4, 0.5) is 5.69 Å². The first-order valence-electron chi connectivity index (χ1n) is 5.83. The fraction of sp³-hybridized carbons (Fsp3) is 0.462. The van der Waals surface area contributed by atoms with E-state index in [1.165, 1.54) is 0 Å².